The van der Waals surface area contributed by atoms with Gasteiger partial charge in [0.05, 0.1) is 28.2 Å². The zero-order chi connectivity index (χ0) is 27.5. The number of benzene rings is 4. The van der Waals surface area contributed by atoms with Gasteiger partial charge >= 0.3 is 5.69 Å². The monoisotopic (exact) mass is 524 g/mol. The molecular weight excluding hydrogens is 500 g/mol. The van der Waals surface area contributed by atoms with Crippen LogP contribution in [0.5, 0.6) is 5.75 Å². The molecule has 0 aromatic heterocycles. The van der Waals surface area contributed by atoms with Gasteiger partial charge in [-0.25, -0.2) is 0 Å². The second-order valence-corrected chi connectivity index (χ2v) is 9.05. The van der Waals surface area contributed by atoms with Gasteiger partial charge in [0.25, 0.3) is 11.6 Å². The largest absolute Gasteiger partial charge is 0.490 e. The van der Waals surface area contributed by atoms with E-state index in [1.54, 1.807) is 17.0 Å². The second-order valence-electron chi connectivity index (χ2n) is 9.05. The lowest BCUT2D eigenvalue weighted by atomic mass is 9.98. The Labute approximate surface area is 224 Å². The molecule has 5 rings (SSSR count). The van der Waals surface area contributed by atoms with Gasteiger partial charge in [-0.1, -0.05) is 66.7 Å². The highest BCUT2D eigenvalue weighted by atomic mass is 16.6. The van der Waals surface area contributed by atoms with Gasteiger partial charge in [0, 0.05) is 36.9 Å². The fraction of sp³-hybridized carbons (Fsp3) is 0.138. The molecule has 1 amide bonds. The van der Waals surface area contributed by atoms with Gasteiger partial charge in [-0.15, -0.1) is 0 Å². The highest BCUT2D eigenvalue weighted by Gasteiger charge is 2.40. The fourth-order valence-electron chi connectivity index (χ4n) is 4.89. The number of fused-ring (bicyclic) bond motifs is 1. The van der Waals surface area contributed by atoms with E-state index in [2.05, 4.69) is 0 Å². The maximum atomic E-state index is 14.0. The van der Waals surface area contributed by atoms with Gasteiger partial charge in [0.15, 0.2) is 5.75 Å². The number of anilines is 1. The van der Waals surface area contributed by atoms with Crippen LogP contribution >= 0.6 is 0 Å². The Morgan fingerprint density at radius 2 is 1.38 bits per heavy atom. The van der Waals surface area contributed by atoms with Crippen molar-refractivity contribution in [3.05, 3.63) is 140 Å². The molecule has 1 aliphatic rings. The summed E-state index contributed by atoms with van der Waals surface area (Å²) in [6.07, 6.45) is -0.753. The first-order valence-corrected chi connectivity index (χ1v) is 12.1. The van der Waals surface area contributed by atoms with E-state index in [1.165, 1.54) is 31.4 Å². The number of rotatable bonds is 8. The van der Waals surface area contributed by atoms with Crippen molar-refractivity contribution in [1.82, 2.24) is 4.90 Å². The predicted molar refractivity (Wildman–Crippen MR) is 144 cm³/mol. The number of carbonyl (C=O) groups is 1. The molecule has 1 aliphatic heterocycles. The first-order valence-electron chi connectivity index (χ1n) is 12.1. The first-order chi connectivity index (χ1) is 18.9. The average molecular weight is 525 g/mol. The number of ether oxygens (including phenoxy) is 1. The Kier molecular flexibility index (Phi) is 6.92. The Hall–Kier alpha value is -5.25. The maximum absolute atomic E-state index is 14.0. The van der Waals surface area contributed by atoms with Crippen LogP contribution in [0.3, 0.4) is 0 Å². The Bertz CT molecular complexity index is 1540. The van der Waals surface area contributed by atoms with E-state index in [0.29, 0.717) is 17.8 Å². The van der Waals surface area contributed by atoms with Crippen LogP contribution in [0.4, 0.5) is 17.1 Å². The molecule has 0 unspecified atom stereocenters. The molecule has 196 valence electrons. The molecule has 0 N–H and O–H groups in total. The van der Waals surface area contributed by atoms with Crippen molar-refractivity contribution in [2.24, 2.45) is 0 Å². The summed E-state index contributed by atoms with van der Waals surface area (Å²) in [6.45, 7) is 0.520. The number of hydrogen-bond acceptors (Lipinski definition) is 7. The normalized spacial score (nSPS) is 14.6. The second kappa shape index (κ2) is 10.6. The molecule has 4 aromatic rings. The lowest BCUT2D eigenvalue weighted by molar-refractivity contribution is -0.385. The van der Waals surface area contributed by atoms with Gasteiger partial charge in [0.2, 0.25) is 0 Å². The number of carbonyl (C=O) groups excluding carboxylic acids is 1. The minimum atomic E-state index is -0.753. The number of non-ortho nitro benzene ring substituents is 1. The van der Waals surface area contributed by atoms with Gasteiger partial charge < -0.3 is 14.5 Å². The number of nitro groups is 2. The summed E-state index contributed by atoms with van der Waals surface area (Å²) in [5.41, 5.74) is 2.55. The van der Waals surface area contributed by atoms with Crippen molar-refractivity contribution in [1.29, 1.82) is 0 Å². The molecule has 0 spiro atoms. The van der Waals surface area contributed by atoms with Crippen LogP contribution in [0.25, 0.3) is 0 Å². The van der Waals surface area contributed by atoms with Crippen LogP contribution in [0.15, 0.2) is 97.1 Å². The Morgan fingerprint density at radius 3 is 1.95 bits per heavy atom. The van der Waals surface area contributed by atoms with Gasteiger partial charge in [-0.2, -0.15) is 0 Å². The molecule has 0 aliphatic carbocycles. The molecule has 10 nitrogen and oxygen atoms in total. The quantitative estimate of drug-likeness (QED) is 0.209. The molecular formula is C29H24N4O6. The lowest BCUT2D eigenvalue weighted by Gasteiger charge is -2.46. The van der Waals surface area contributed by atoms with Crippen LogP contribution in [0.2, 0.25) is 0 Å². The van der Waals surface area contributed by atoms with Crippen LogP contribution in [0, 0.1) is 20.2 Å². The summed E-state index contributed by atoms with van der Waals surface area (Å²) in [6, 6.07) is 27.8. The molecule has 4 aromatic carbocycles. The van der Waals surface area contributed by atoms with Gasteiger partial charge in [-0.3, -0.25) is 25.0 Å². The third-order valence-corrected chi connectivity index (χ3v) is 6.67. The van der Waals surface area contributed by atoms with E-state index in [0.717, 1.165) is 11.1 Å². The molecule has 10 heteroatoms. The summed E-state index contributed by atoms with van der Waals surface area (Å²) < 4.78 is 5.21. The molecule has 0 saturated heterocycles. The third-order valence-electron chi connectivity index (χ3n) is 6.67. The van der Waals surface area contributed by atoms with E-state index < -0.39 is 21.9 Å². The van der Waals surface area contributed by atoms with E-state index in [-0.39, 0.29) is 29.2 Å². The molecule has 0 bridgehead atoms. The topological polar surface area (TPSA) is 119 Å². The van der Waals surface area contributed by atoms with Crippen molar-refractivity contribution in [2.75, 3.05) is 12.0 Å². The summed E-state index contributed by atoms with van der Waals surface area (Å²) in [4.78, 5) is 40.0. The highest BCUT2D eigenvalue weighted by molar-refractivity contribution is 6.02. The highest BCUT2D eigenvalue weighted by Crippen LogP contribution is 2.43. The van der Waals surface area contributed by atoms with Crippen molar-refractivity contribution in [2.45, 2.75) is 19.3 Å². The fourth-order valence-corrected chi connectivity index (χ4v) is 4.89. The number of methoxy groups -OCH3 is 1. The van der Waals surface area contributed by atoms with E-state index in [9.17, 15) is 25.0 Å². The molecule has 0 saturated carbocycles. The summed E-state index contributed by atoms with van der Waals surface area (Å²) in [7, 11) is 1.36. The standard InChI is InChI=1S/C29H24N4O6/c1-39-27-15-12-22(16-26(27)33(37)38)28-30(18-20-8-4-2-5-9-20)25-14-13-23(32(35)36)17-24(25)29(34)31(28)19-21-10-6-3-7-11-21/h2-17,28H,18-19H2,1H3/t28-/m0/s1. The predicted octanol–water partition coefficient (Wildman–Crippen LogP) is 5.87. The SMILES string of the molecule is COc1ccc([C@@H]2N(Cc3ccccc3)C(=O)c3cc([N+](=O)[O-])ccc3N2Cc2ccccc2)cc1[N+](=O)[O-]. The summed E-state index contributed by atoms with van der Waals surface area (Å²) in [5, 5.41) is 23.5. The minimum Gasteiger partial charge on any atom is -0.490 e. The van der Waals surface area contributed by atoms with E-state index in [1.807, 2.05) is 65.6 Å². The third kappa shape index (κ3) is 4.99. The smallest absolute Gasteiger partial charge is 0.311 e. The molecule has 39 heavy (non-hydrogen) atoms. The van der Waals surface area contributed by atoms with Crippen LogP contribution in [-0.4, -0.2) is 27.8 Å². The Balaban J connectivity index is 1.73. The Morgan fingerprint density at radius 1 is 0.769 bits per heavy atom. The molecule has 0 radical (unpaired) electrons. The van der Waals surface area contributed by atoms with Crippen molar-refractivity contribution >= 4 is 23.0 Å². The minimum absolute atomic E-state index is 0.103. The average Bonchev–Trinajstić information content (AvgIpc) is 2.96. The number of hydrogen-bond donors (Lipinski definition) is 0. The van der Waals surface area contributed by atoms with E-state index >= 15 is 0 Å². The zero-order valence-electron chi connectivity index (χ0n) is 21.0. The number of amides is 1. The van der Waals surface area contributed by atoms with Crippen molar-refractivity contribution in [3.8, 4) is 5.75 Å². The van der Waals surface area contributed by atoms with Gasteiger partial charge in [0.1, 0.15) is 6.17 Å². The lowest BCUT2D eigenvalue weighted by Crippen LogP contribution is -2.48. The first kappa shape index (κ1) is 25.4. The molecule has 1 atom stereocenters. The molecule has 0 fully saturated rings. The van der Waals surface area contributed by atoms with E-state index in [4.69, 9.17) is 4.74 Å². The molecule has 1 heterocycles. The summed E-state index contributed by atoms with van der Waals surface area (Å²) in [5.74, 6) is -0.309. The number of nitro benzene ring substituents is 2. The van der Waals surface area contributed by atoms with Crippen LogP contribution in [0.1, 0.15) is 33.2 Å². The van der Waals surface area contributed by atoms with Crippen LogP contribution in [-0.2, 0) is 13.1 Å². The van der Waals surface area contributed by atoms with Crippen LogP contribution < -0.4 is 9.64 Å². The van der Waals surface area contributed by atoms with Crippen molar-refractivity contribution < 1.29 is 19.4 Å². The van der Waals surface area contributed by atoms with Gasteiger partial charge in [-0.05, 0) is 23.3 Å². The number of nitrogens with zero attached hydrogens (tertiary/aromatic N) is 4. The van der Waals surface area contributed by atoms with Crippen molar-refractivity contribution in [3.63, 3.8) is 0 Å². The maximum Gasteiger partial charge on any atom is 0.311 e. The summed E-state index contributed by atoms with van der Waals surface area (Å²) >= 11 is 0. The zero-order valence-corrected chi connectivity index (χ0v) is 21.0.